The predicted molar refractivity (Wildman–Crippen MR) is 159 cm³/mol. The van der Waals surface area contributed by atoms with Crippen molar-refractivity contribution in [2.45, 2.75) is 4.90 Å². The number of hydrogen-bond donors (Lipinski definition) is 9. The van der Waals surface area contributed by atoms with E-state index in [1.165, 1.54) is 0 Å². The Labute approximate surface area is 259 Å². The first-order valence-electron chi connectivity index (χ1n) is 12.8. The second-order valence-electron chi connectivity index (χ2n) is 9.95. The van der Waals surface area contributed by atoms with Gasteiger partial charge in [0.2, 0.25) is 22.4 Å². The summed E-state index contributed by atoms with van der Waals surface area (Å²) in [4.78, 5) is 25.2. The number of rotatable bonds is 5. The summed E-state index contributed by atoms with van der Waals surface area (Å²) in [5, 5.41) is 90.8. The van der Waals surface area contributed by atoms with Gasteiger partial charge in [-0.15, -0.1) is 0 Å². The molecule has 0 radical (unpaired) electrons. The fraction of sp³-hybridized carbons (Fsp3) is 0. The predicted octanol–water partition coefficient (Wildman–Crippen LogP) is 3.35. The average Bonchev–Trinajstić information content (AvgIpc) is 2.96. The maximum Gasteiger partial charge on any atom is 0.343 e. The fourth-order valence-electron chi connectivity index (χ4n) is 4.79. The van der Waals surface area contributed by atoms with Crippen LogP contribution in [0.1, 0.15) is 0 Å². The number of aromatic hydroxyl groups is 9. The largest absolute Gasteiger partial charge is 0.508 e. The van der Waals surface area contributed by atoms with Crippen LogP contribution in [0.3, 0.4) is 0 Å². The van der Waals surface area contributed by atoms with Crippen molar-refractivity contribution in [1.82, 2.24) is 0 Å². The zero-order valence-electron chi connectivity index (χ0n) is 23.0. The van der Waals surface area contributed by atoms with Gasteiger partial charge in [-0.1, -0.05) is 0 Å². The second-order valence-corrected chi connectivity index (χ2v) is 11.5. The molecule has 0 aliphatic heterocycles. The Bertz CT molecular complexity index is 2550. The van der Waals surface area contributed by atoms with Gasteiger partial charge in [0.15, 0.2) is 11.5 Å². The van der Waals surface area contributed by atoms with Gasteiger partial charge >= 0.3 is 10.1 Å². The van der Waals surface area contributed by atoms with Crippen LogP contribution in [-0.4, -0.2) is 54.4 Å². The third-order valence-corrected chi connectivity index (χ3v) is 8.11. The molecule has 0 fully saturated rings. The minimum Gasteiger partial charge on any atom is -0.508 e. The molecule has 2 heterocycles. The molecule has 6 aromatic rings. The molecule has 2 aromatic heterocycles. The lowest BCUT2D eigenvalue weighted by atomic mass is 10.1. The molecule has 0 aliphatic rings. The molecule has 9 N–H and O–H groups in total. The molecule has 6 rings (SSSR count). The topological polar surface area (TPSA) is 286 Å². The molecule has 0 spiro atoms. The van der Waals surface area contributed by atoms with Crippen LogP contribution in [0.25, 0.3) is 44.6 Å². The normalized spacial score (nSPS) is 11.7. The molecule has 0 amide bonds. The molecule has 4 aromatic carbocycles. The maximum atomic E-state index is 13.7. The molecule has 240 valence electrons. The third-order valence-electron chi connectivity index (χ3n) is 6.86. The van der Waals surface area contributed by atoms with Gasteiger partial charge < -0.3 is 59.0 Å². The van der Waals surface area contributed by atoms with Crippen molar-refractivity contribution >= 4 is 32.1 Å². The van der Waals surface area contributed by atoms with Gasteiger partial charge in [-0.3, -0.25) is 9.59 Å². The lowest BCUT2D eigenvalue weighted by Gasteiger charge is -2.15. The van der Waals surface area contributed by atoms with Crippen molar-refractivity contribution < 1.29 is 67.4 Å². The van der Waals surface area contributed by atoms with Crippen LogP contribution in [0, 0.1) is 0 Å². The SMILES string of the molecule is O=c1c(O)c(-c2cc(S(=O)(=O)Oc3c(-c4ccc(O)cc4O)oc4cc(O)cc(O)c4c3=O)c(O)cc2O)oc2cc(O)cc(O)c12. The molecule has 0 saturated heterocycles. The van der Waals surface area contributed by atoms with Crippen LogP contribution in [0.2, 0.25) is 0 Å². The van der Waals surface area contributed by atoms with Crippen LogP contribution in [-0.2, 0) is 10.1 Å². The molecule has 0 atom stereocenters. The molecule has 0 unspecified atom stereocenters. The first kappa shape index (κ1) is 30.3. The smallest absolute Gasteiger partial charge is 0.343 e. The average molecular weight is 667 g/mol. The van der Waals surface area contributed by atoms with Crippen LogP contribution < -0.4 is 15.0 Å². The van der Waals surface area contributed by atoms with E-state index >= 15 is 0 Å². The molecule has 16 nitrogen and oxygen atoms in total. The van der Waals surface area contributed by atoms with E-state index < -0.39 is 128 Å². The van der Waals surface area contributed by atoms with Crippen molar-refractivity contribution in [1.29, 1.82) is 0 Å². The van der Waals surface area contributed by atoms with E-state index in [0.29, 0.717) is 12.1 Å². The highest BCUT2D eigenvalue weighted by atomic mass is 32.2. The van der Waals surface area contributed by atoms with E-state index in [2.05, 4.69) is 0 Å². The quantitative estimate of drug-likeness (QED) is 0.119. The number of phenolic OH excluding ortho intramolecular Hbond substituents is 8. The minimum absolute atomic E-state index is 0.403. The van der Waals surface area contributed by atoms with Gasteiger partial charge in [0.05, 0.1) is 11.1 Å². The van der Waals surface area contributed by atoms with Gasteiger partial charge in [-0.05, 0) is 18.2 Å². The fourth-order valence-corrected chi connectivity index (χ4v) is 5.82. The lowest BCUT2D eigenvalue weighted by Crippen LogP contribution is -2.17. The highest BCUT2D eigenvalue weighted by Gasteiger charge is 2.32. The lowest BCUT2D eigenvalue weighted by molar-refractivity contribution is 0.424. The minimum atomic E-state index is -5.40. The summed E-state index contributed by atoms with van der Waals surface area (Å²) in [7, 11) is -5.40. The van der Waals surface area contributed by atoms with Gasteiger partial charge in [0, 0.05) is 36.4 Å². The Morgan fingerprint density at radius 2 is 1.06 bits per heavy atom. The number of benzene rings is 4. The highest BCUT2D eigenvalue weighted by Crippen LogP contribution is 2.44. The van der Waals surface area contributed by atoms with E-state index in [1.54, 1.807) is 0 Å². The van der Waals surface area contributed by atoms with Crippen LogP contribution in [0.5, 0.6) is 57.5 Å². The summed E-state index contributed by atoms with van der Waals surface area (Å²) in [5.41, 5.74) is -4.69. The first-order chi connectivity index (χ1) is 22.1. The van der Waals surface area contributed by atoms with Crippen LogP contribution >= 0.6 is 0 Å². The second kappa shape index (κ2) is 10.4. The maximum absolute atomic E-state index is 13.7. The molecular formula is C30H18O16S. The van der Waals surface area contributed by atoms with E-state index in [1.807, 2.05) is 0 Å². The van der Waals surface area contributed by atoms with Crippen molar-refractivity contribution in [2.75, 3.05) is 0 Å². The summed E-state index contributed by atoms with van der Waals surface area (Å²) in [6.45, 7) is 0. The van der Waals surface area contributed by atoms with Gasteiger partial charge in [0.25, 0.3) is 0 Å². The number of hydrogen-bond acceptors (Lipinski definition) is 16. The standard InChI is InChI=1S/C30H18O16S/c31-10-1-2-13(15(34)3-10)29-30(26(40)24-19(38)5-12(33)7-21(24)45-29)46-47(42,43)22-8-14(16(35)9-17(22)36)28-27(41)25(39)23-18(37)4-11(32)6-20(23)44-28/h1-9,31-38,41H. The Balaban J connectivity index is 1.58. The zero-order valence-corrected chi connectivity index (χ0v) is 23.8. The van der Waals surface area contributed by atoms with Gasteiger partial charge in [0.1, 0.15) is 72.8 Å². The van der Waals surface area contributed by atoms with E-state index in [4.69, 9.17) is 13.0 Å². The monoisotopic (exact) mass is 666 g/mol. The molecule has 47 heavy (non-hydrogen) atoms. The van der Waals surface area contributed by atoms with Crippen molar-refractivity contribution in [3.63, 3.8) is 0 Å². The van der Waals surface area contributed by atoms with Crippen molar-refractivity contribution in [3.8, 4) is 80.1 Å². The summed E-state index contributed by atoms with van der Waals surface area (Å²) in [6, 6.07) is 7.17. The molecule has 17 heteroatoms. The molecular weight excluding hydrogens is 648 g/mol. The summed E-state index contributed by atoms with van der Waals surface area (Å²) < 4.78 is 43.4. The summed E-state index contributed by atoms with van der Waals surface area (Å²) in [5.74, 6) is -10.1. The Hall–Kier alpha value is -6.75. The third kappa shape index (κ3) is 4.92. The van der Waals surface area contributed by atoms with E-state index in [0.717, 1.165) is 42.5 Å². The Morgan fingerprint density at radius 3 is 1.66 bits per heavy atom. The Morgan fingerprint density at radius 1 is 0.532 bits per heavy atom. The molecule has 0 saturated carbocycles. The Kier molecular flexibility index (Phi) is 6.71. The highest BCUT2D eigenvalue weighted by molar-refractivity contribution is 7.87. The van der Waals surface area contributed by atoms with Crippen molar-refractivity contribution in [2.24, 2.45) is 0 Å². The number of phenols is 8. The zero-order chi connectivity index (χ0) is 34.1. The van der Waals surface area contributed by atoms with Crippen LogP contribution in [0.4, 0.5) is 0 Å². The summed E-state index contributed by atoms with van der Waals surface area (Å²) in [6.07, 6.45) is 0. The number of fused-ring (bicyclic) bond motifs is 2. The van der Waals surface area contributed by atoms with Gasteiger partial charge in [-0.2, -0.15) is 8.42 Å². The summed E-state index contributed by atoms with van der Waals surface area (Å²) >= 11 is 0. The molecule has 0 aliphatic carbocycles. The first-order valence-corrected chi connectivity index (χ1v) is 14.3. The van der Waals surface area contributed by atoms with E-state index in [-0.39, 0.29) is 0 Å². The van der Waals surface area contributed by atoms with Crippen LogP contribution in [0.15, 0.2) is 77.9 Å². The van der Waals surface area contributed by atoms with Crippen molar-refractivity contribution in [3.05, 3.63) is 75.0 Å². The van der Waals surface area contributed by atoms with Gasteiger partial charge in [-0.25, -0.2) is 0 Å². The molecule has 0 bridgehead atoms. The van der Waals surface area contributed by atoms with E-state index in [9.17, 15) is 64.0 Å².